The molecule has 0 aliphatic heterocycles. The number of carbonyl (C=O) groups excluding carboxylic acids is 2. The fourth-order valence-corrected chi connectivity index (χ4v) is 2.35. The molecule has 1 aromatic rings. The Hall–Kier alpha value is -2.37. The van der Waals surface area contributed by atoms with E-state index >= 15 is 0 Å². The topological polar surface area (TPSA) is 95.5 Å². The summed E-state index contributed by atoms with van der Waals surface area (Å²) in [5.41, 5.74) is 2.40. The van der Waals surface area contributed by atoms with Crippen LogP contribution >= 0.6 is 0 Å². The minimum Gasteiger partial charge on any atom is -0.479 e. The van der Waals surface area contributed by atoms with E-state index in [2.05, 4.69) is 10.6 Å². The predicted octanol–water partition coefficient (Wildman–Crippen LogP) is 2.24. The Morgan fingerprint density at radius 2 is 1.79 bits per heavy atom. The Morgan fingerprint density at radius 3 is 2.42 bits per heavy atom. The summed E-state index contributed by atoms with van der Waals surface area (Å²) in [6, 6.07) is 4.30. The molecule has 0 aromatic heterocycles. The van der Waals surface area contributed by atoms with E-state index < -0.39 is 12.0 Å². The lowest BCUT2D eigenvalue weighted by atomic mass is 9.97. The van der Waals surface area contributed by atoms with Crippen LogP contribution in [0.25, 0.3) is 0 Å². The summed E-state index contributed by atoms with van der Waals surface area (Å²) in [7, 11) is 0. The molecule has 0 radical (unpaired) electrons. The molecular formula is C18H26N2O4. The normalized spacial score (nSPS) is 11.6. The summed E-state index contributed by atoms with van der Waals surface area (Å²) in [5, 5.41) is 14.7. The molecule has 2 amide bonds. The number of carboxylic acids is 1. The molecule has 0 saturated carbocycles. The van der Waals surface area contributed by atoms with Gasteiger partial charge in [0.1, 0.15) is 0 Å². The van der Waals surface area contributed by atoms with Crippen LogP contribution in [0.4, 0.5) is 0 Å². The van der Waals surface area contributed by atoms with Gasteiger partial charge < -0.3 is 15.7 Å². The molecule has 1 aromatic carbocycles. The highest BCUT2D eigenvalue weighted by Crippen LogP contribution is 2.21. The molecular weight excluding hydrogens is 308 g/mol. The Balaban J connectivity index is 2.60. The third-order valence-electron chi connectivity index (χ3n) is 3.89. The van der Waals surface area contributed by atoms with Crippen molar-refractivity contribution < 1.29 is 19.5 Å². The van der Waals surface area contributed by atoms with Crippen molar-refractivity contribution in [3.8, 4) is 0 Å². The maximum atomic E-state index is 12.0. The van der Waals surface area contributed by atoms with Gasteiger partial charge in [-0.2, -0.15) is 0 Å². The fraction of sp³-hybridized carbons (Fsp3) is 0.500. The van der Waals surface area contributed by atoms with Gasteiger partial charge in [-0.15, -0.1) is 0 Å². The molecule has 0 fully saturated rings. The number of amides is 2. The average Bonchev–Trinajstić information content (AvgIpc) is 2.53. The van der Waals surface area contributed by atoms with Gasteiger partial charge in [-0.1, -0.05) is 25.1 Å². The number of aryl methyl sites for hydroxylation is 1. The van der Waals surface area contributed by atoms with Crippen LogP contribution in [0.1, 0.15) is 55.3 Å². The van der Waals surface area contributed by atoms with Gasteiger partial charge in [0.15, 0.2) is 6.04 Å². The largest absolute Gasteiger partial charge is 0.479 e. The molecule has 0 spiro atoms. The Kier molecular flexibility index (Phi) is 7.95. The summed E-state index contributed by atoms with van der Waals surface area (Å²) in [5.74, 6) is -1.56. The average molecular weight is 334 g/mol. The molecule has 0 aliphatic carbocycles. The molecule has 24 heavy (non-hydrogen) atoms. The van der Waals surface area contributed by atoms with Crippen LogP contribution in [0, 0.1) is 13.8 Å². The van der Waals surface area contributed by atoms with Crippen LogP contribution in [-0.4, -0.2) is 29.4 Å². The van der Waals surface area contributed by atoms with Crippen LogP contribution < -0.4 is 10.6 Å². The number of carbonyl (C=O) groups is 3. The first-order valence-electron chi connectivity index (χ1n) is 8.21. The van der Waals surface area contributed by atoms with Gasteiger partial charge in [0.25, 0.3) is 0 Å². The lowest BCUT2D eigenvalue weighted by Crippen LogP contribution is -2.34. The third-order valence-corrected chi connectivity index (χ3v) is 3.89. The van der Waals surface area contributed by atoms with Crippen molar-refractivity contribution >= 4 is 17.8 Å². The van der Waals surface area contributed by atoms with Gasteiger partial charge in [0, 0.05) is 19.4 Å². The Labute approximate surface area is 142 Å². The van der Waals surface area contributed by atoms with Crippen LogP contribution in [0.3, 0.4) is 0 Å². The standard InChI is InChI=1S/C18H26N2O4/c1-4-11-19-15(21)9-6-10-16(22)20-17(18(23)24)14-8-5-7-12(2)13(14)3/h5,7-8,17H,4,6,9-11H2,1-3H3,(H,19,21)(H,20,22)(H,23,24). The van der Waals surface area contributed by atoms with E-state index in [9.17, 15) is 19.5 Å². The van der Waals surface area contributed by atoms with Crippen molar-refractivity contribution in [2.45, 2.75) is 52.5 Å². The molecule has 0 saturated heterocycles. The molecule has 1 atom stereocenters. The van der Waals surface area contributed by atoms with Crippen molar-refractivity contribution in [1.82, 2.24) is 10.6 Å². The van der Waals surface area contributed by atoms with E-state index in [1.807, 2.05) is 26.8 Å². The first kappa shape index (κ1) is 19.7. The van der Waals surface area contributed by atoms with Gasteiger partial charge in [-0.3, -0.25) is 9.59 Å². The molecule has 0 aliphatic rings. The quantitative estimate of drug-likeness (QED) is 0.645. The number of rotatable bonds is 9. The van der Waals surface area contributed by atoms with Crippen LogP contribution in [-0.2, 0) is 14.4 Å². The summed E-state index contributed by atoms with van der Waals surface area (Å²) in [4.78, 5) is 35.0. The molecule has 1 unspecified atom stereocenters. The highest BCUT2D eigenvalue weighted by Gasteiger charge is 2.23. The lowest BCUT2D eigenvalue weighted by Gasteiger charge is -2.18. The van der Waals surface area contributed by atoms with Gasteiger partial charge in [-0.05, 0) is 43.4 Å². The minimum absolute atomic E-state index is 0.0889. The van der Waals surface area contributed by atoms with Gasteiger partial charge in [0.2, 0.25) is 11.8 Å². The van der Waals surface area contributed by atoms with Crippen LogP contribution in [0.5, 0.6) is 0 Å². The molecule has 1 rings (SSSR count). The van der Waals surface area contributed by atoms with Crippen LogP contribution in [0.2, 0.25) is 0 Å². The van der Waals surface area contributed by atoms with Gasteiger partial charge in [-0.25, -0.2) is 4.79 Å². The second-order valence-electron chi connectivity index (χ2n) is 5.83. The SMILES string of the molecule is CCCNC(=O)CCCC(=O)NC(C(=O)O)c1cccc(C)c1C. The van der Waals surface area contributed by atoms with E-state index in [-0.39, 0.29) is 24.7 Å². The monoisotopic (exact) mass is 334 g/mol. The zero-order valence-electron chi connectivity index (χ0n) is 14.5. The summed E-state index contributed by atoms with van der Waals surface area (Å²) >= 11 is 0. The zero-order valence-corrected chi connectivity index (χ0v) is 14.5. The maximum absolute atomic E-state index is 12.0. The second-order valence-corrected chi connectivity index (χ2v) is 5.83. The lowest BCUT2D eigenvalue weighted by molar-refractivity contribution is -0.142. The number of carboxylic acid groups (broad SMARTS) is 1. The Morgan fingerprint density at radius 1 is 1.12 bits per heavy atom. The third kappa shape index (κ3) is 6.02. The molecule has 6 nitrogen and oxygen atoms in total. The van der Waals surface area contributed by atoms with Crippen molar-refractivity contribution in [2.24, 2.45) is 0 Å². The van der Waals surface area contributed by atoms with Crippen molar-refractivity contribution in [1.29, 1.82) is 0 Å². The first-order chi connectivity index (χ1) is 11.4. The van der Waals surface area contributed by atoms with Crippen molar-refractivity contribution in [2.75, 3.05) is 6.54 Å². The number of nitrogens with one attached hydrogen (secondary N) is 2. The highest BCUT2D eigenvalue weighted by atomic mass is 16.4. The molecule has 3 N–H and O–H groups in total. The maximum Gasteiger partial charge on any atom is 0.330 e. The number of benzene rings is 1. The van der Waals surface area contributed by atoms with E-state index in [1.165, 1.54) is 0 Å². The minimum atomic E-state index is -1.10. The van der Waals surface area contributed by atoms with Crippen molar-refractivity contribution in [3.05, 3.63) is 34.9 Å². The number of hydrogen-bond acceptors (Lipinski definition) is 3. The highest BCUT2D eigenvalue weighted by molar-refractivity contribution is 5.85. The van der Waals surface area contributed by atoms with Crippen molar-refractivity contribution in [3.63, 3.8) is 0 Å². The molecule has 0 bridgehead atoms. The summed E-state index contributed by atoms with van der Waals surface area (Å²) in [6.07, 6.45) is 1.63. The second kappa shape index (κ2) is 9.70. The Bertz CT molecular complexity index is 599. The van der Waals surface area contributed by atoms with Crippen LogP contribution in [0.15, 0.2) is 18.2 Å². The fourth-order valence-electron chi connectivity index (χ4n) is 2.35. The zero-order chi connectivity index (χ0) is 18.1. The van der Waals surface area contributed by atoms with Gasteiger partial charge in [0.05, 0.1) is 0 Å². The summed E-state index contributed by atoms with van der Waals surface area (Å²) in [6.45, 7) is 6.32. The summed E-state index contributed by atoms with van der Waals surface area (Å²) < 4.78 is 0. The van der Waals surface area contributed by atoms with E-state index in [1.54, 1.807) is 12.1 Å². The van der Waals surface area contributed by atoms with E-state index in [0.29, 0.717) is 18.5 Å². The molecule has 6 heteroatoms. The smallest absolute Gasteiger partial charge is 0.330 e. The molecule has 132 valence electrons. The van der Waals surface area contributed by atoms with E-state index in [4.69, 9.17) is 0 Å². The molecule has 0 heterocycles. The first-order valence-corrected chi connectivity index (χ1v) is 8.21. The number of aliphatic carboxylic acids is 1. The predicted molar refractivity (Wildman–Crippen MR) is 91.6 cm³/mol. The van der Waals surface area contributed by atoms with E-state index in [0.717, 1.165) is 17.5 Å². The van der Waals surface area contributed by atoms with Gasteiger partial charge >= 0.3 is 5.97 Å². The number of hydrogen-bond donors (Lipinski definition) is 3.